The highest BCUT2D eigenvalue weighted by atomic mass is 14.3. The van der Waals surface area contributed by atoms with Gasteiger partial charge in [-0.05, 0) is 30.6 Å². The van der Waals surface area contributed by atoms with Crippen molar-refractivity contribution in [1.29, 1.82) is 0 Å². The van der Waals surface area contributed by atoms with E-state index in [1.165, 1.54) is 44.9 Å². The fourth-order valence-corrected chi connectivity index (χ4v) is 2.30. The second-order valence-electron chi connectivity index (χ2n) is 5.08. The smallest absolute Gasteiger partial charge is 0.0409 e. The molecule has 1 aliphatic carbocycles. The minimum absolute atomic E-state index is 0.954. The van der Waals surface area contributed by atoms with E-state index >= 15 is 0 Å². The van der Waals surface area contributed by atoms with Crippen molar-refractivity contribution in [2.75, 3.05) is 0 Å². The zero-order chi connectivity index (χ0) is 9.68. The van der Waals surface area contributed by atoms with Gasteiger partial charge in [0, 0.05) is 0 Å². The topological polar surface area (TPSA) is 0 Å². The monoisotopic (exact) mass is 182 g/mol. The van der Waals surface area contributed by atoms with Crippen molar-refractivity contribution in [2.45, 2.75) is 65.7 Å². The van der Waals surface area contributed by atoms with Crippen LogP contribution in [0, 0.1) is 17.8 Å². The van der Waals surface area contributed by atoms with Gasteiger partial charge in [0.1, 0.15) is 0 Å². The lowest BCUT2D eigenvalue weighted by Gasteiger charge is -2.19. The van der Waals surface area contributed by atoms with Crippen LogP contribution in [0.2, 0.25) is 0 Å². The first-order valence-corrected chi connectivity index (χ1v) is 6.26. The Kier molecular flexibility index (Phi) is 4.83. The Bertz CT molecular complexity index is 124. The summed E-state index contributed by atoms with van der Waals surface area (Å²) in [5.41, 5.74) is 0. The van der Waals surface area contributed by atoms with Gasteiger partial charge in [0.15, 0.2) is 0 Å². The van der Waals surface area contributed by atoms with Crippen molar-refractivity contribution in [2.24, 2.45) is 17.8 Å². The van der Waals surface area contributed by atoms with Gasteiger partial charge in [0.2, 0.25) is 0 Å². The molecule has 1 rings (SSSR count). The van der Waals surface area contributed by atoms with Crippen molar-refractivity contribution >= 4 is 0 Å². The Morgan fingerprint density at radius 1 is 1.23 bits per heavy atom. The number of hydrogen-bond donors (Lipinski definition) is 0. The first-order valence-electron chi connectivity index (χ1n) is 6.26. The third-order valence-electron chi connectivity index (χ3n) is 3.49. The van der Waals surface area contributed by atoms with E-state index in [1.54, 1.807) is 0 Å². The summed E-state index contributed by atoms with van der Waals surface area (Å²) >= 11 is 0. The van der Waals surface area contributed by atoms with Crippen molar-refractivity contribution in [3.8, 4) is 0 Å². The van der Waals surface area contributed by atoms with Crippen LogP contribution in [0.25, 0.3) is 0 Å². The average molecular weight is 182 g/mol. The van der Waals surface area contributed by atoms with Gasteiger partial charge in [-0.25, -0.2) is 0 Å². The molecular formula is C13H26. The predicted octanol–water partition coefficient (Wildman–Crippen LogP) is 4.64. The van der Waals surface area contributed by atoms with Crippen molar-refractivity contribution in [1.82, 2.24) is 0 Å². The Balaban J connectivity index is 2.18. The van der Waals surface area contributed by atoms with Crippen molar-refractivity contribution in [3.05, 3.63) is 0 Å². The van der Waals surface area contributed by atoms with Gasteiger partial charge >= 0.3 is 0 Å². The van der Waals surface area contributed by atoms with Crippen LogP contribution in [-0.4, -0.2) is 0 Å². The largest absolute Gasteiger partial charge is 0.0654 e. The maximum Gasteiger partial charge on any atom is -0.0409 e. The van der Waals surface area contributed by atoms with Gasteiger partial charge in [-0.3, -0.25) is 0 Å². The van der Waals surface area contributed by atoms with E-state index in [1.807, 2.05) is 0 Å². The van der Waals surface area contributed by atoms with Crippen LogP contribution in [-0.2, 0) is 0 Å². The highest BCUT2D eigenvalue weighted by Gasteiger charge is 2.25. The molecule has 0 heterocycles. The second kappa shape index (κ2) is 5.67. The summed E-state index contributed by atoms with van der Waals surface area (Å²) in [6.07, 6.45) is 10.3. The molecule has 0 spiro atoms. The molecule has 2 unspecified atom stereocenters. The third-order valence-corrected chi connectivity index (χ3v) is 3.49. The van der Waals surface area contributed by atoms with E-state index in [0.29, 0.717) is 0 Å². The van der Waals surface area contributed by atoms with E-state index < -0.39 is 0 Å². The van der Waals surface area contributed by atoms with Gasteiger partial charge in [0.25, 0.3) is 0 Å². The summed E-state index contributed by atoms with van der Waals surface area (Å²) < 4.78 is 0. The van der Waals surface area contributed by atoms with Crippen LogP contribution in [0.3, 0.4) is 0 Å². The normalized spacial score (nSPS) is 21.5. The summed E-state index contributed by atoms with van der Waals surface area (Å²) in [6.45, 7) is 7.07. The Morgan fingerprint density at radius 3 is 2.38 bits per heavy atom. The third kappa shape index (κ3) is 4.69. The number of hydrogen-bond acceptors (Lipinski definition) is 0. The summed E-state index contributed by atoms with van der Waals surface area (Å²) in [5.74, 6) is 3.13. The van der Waals surface area contributed by atoms with Crippen LogP contribution in [0.1, 0.15) is 65.7 Å². The lowest BCUT2D eigenvalue weighted by atomic mass is 9.87. The minimum atomic E-state index is 0.954. The standard InChI is InChI=1S/C13H26/c1-4-6-13(9-11(3)5-2)10-12-7-8-12/h11-13H,4-10H2,1-3H3. The van der Waals surface area contributed by atoms with E-state index in [4.69, 9.17) is 0 Å². The molecule has 0 radical (unpaired) electrons. The van der Waals surface area contributed by atoms with Crippen molar-refractivity contribution < 1.29 is 0 Å². The molecule has 0 aromatic carbocycles. The van der Waals surface area contributed by atoms with Crippen LogP contribution < -0.4 is 0 Å². The molecule has 0 nitrogen and oxygen atoms in total. The SMILES string of the molecule is CCCC(CC(C)CC)CC1CC1. The first kappa shape index (κ1) is 11.1. The lowest BCUT2D eigenvalue weighted by Crippen LogP contribution is -2.06. The first-order chi connectivity index (χ1) is 6.26. The molecule has 1 saturated carbocycles. The van der Waals surface area contributed by atoms with Gasteiger partial charge in [-0.15, -0.1) is 0 Å². The van der Waals surface area contributed by atoms with Crippen molar-refractivity contribution in [3.63, 3.8) is 0 Å². The van der Waals surface area contributed by atoms with Crippen LogP contribution in [0.4, 0.5) is 0 Å². The Morgan fingerprint density at radius 2 is 1.92 bits per heavy atom. The maximum absolute atomic E-state index is 2.41. The van der Waals surface area contributed by atoms with Gasteiger partial charge in [0.05, 0.1) is 0 Å². The fourth-order valence-electron chi connectivity index (χ4n) is 2.30. The van der Waals surface area contributed by atoms with Gasteiger partial charge in [-0.1, -0.05) is 52.9 Å². The molecule has 0 aromatic heterocycles. The zero-order valence-electron chi connectivity index (χ0n) is 9.68. The van der Waals surface area contributed by atoms with E-state index in [9.17, 15) is 0 Å². The molecule has 0 bridgehead atoms. The highest BCUT2D eigenvalue weighted by Crippen LogP contribution is 2.38. The lowest BCUT2D eigenvalue weighted by molar-refractivity contribution is 0.329. The zero-order valence-corrected chi connectivity index (χ0v) is 9.68. The second-order valence-corrected chi connectivity index (χ2v) is 5.08. The summed E-state index contributed by atoms with van der Waals surface area (Å²) in [6, 6.07) is 0. The van der Waals surface area contributed by atoms with Crippen LogP contribution in [0.5, 0.6) is 0 Å². The van der Waals surface area contributed by atoms with E-state index in [-0.39, 0.29) is 0 Å². The molecule has 0 amide bonds. The Labute approximate surface area is 84.1 Å². The van der Waals surface area contributed by atoms with Gasteiger partial charge < -0.3 is 0 Å². The molecule has 13 heavy (non-hydrogen) atoms. The number of rotatable bonds is 7. The molecule has 0 N–H and O–H groups in total. The maximum atomic E-state index is 2.41. The molecule has 0 saturated heterocycles. The summed E-state index contributed by atoms with van der Waals surface area (Å²) in [5, 5.41) is 0. The molecule has 1 aliphatic rings. The quantitative estimate of drug-likeness (QED) is 0.538. The average Bonchev–Trinajstić information content (AvgIpc) is 2.88. The predicted molar refractivity (Wildman–Crippen MR) is 59.8 cm³/mol. The fraction of sp³-hybridized carbons (Fsp3) is 1.00. The molecule has 0 aliphatic heterocycles. The molecule has 2 atom stereocenters. The summed E-state index contributed by atoms with van der Waals surface area (Å²) in [4.78, 5) is 0. The molecule has 1 fully saturated rings. The minimum Gasteiger partial charge on any atom is -0.0654 e. The summed E-state index contributed by atoms with van der Waals surface area (Å²) in [7, 11) is 0. The Hall–Kier alpha value is 0. The highest BCUT2D eigenvalue weighted by molar-refractivity contribution is 4.77. The van der Waals surface area contributed by atoms with Crippen LogP contribution >= 0.6 is 0 Å². The van der Waals surface area contributed by atoms with E-state index in [0.717, 1.165) is 17.8 Å². The van der Waals surface area contributed by atoms with Crippen LogP contribution in [0.15, 0.2) is 0 Å². The molecule has 0 aromatic rings. The van der Waals surface area contributed by atoms with E-state index in [2.05, 4.69) is 20.8 Å². The molecular weight excluding hydrogens is 156 g/mol. The van der Waals surface area contributed by atoms with Gasteiger partial charge in [-0.2, -0.15) is 0 Å². The molecule has 78 valence electrons. The molecule has 0 heteroatoms.